The second kappa shape index (κ2) is 6.48. The lowest BCUT2D eigenvalue weighted by Gasteiger charge is -2.17. The molecule has 0 amide bonds. The molecule has 0 fully saturated rings. The first-order valence-corrected chi connectivity index (χ1v) is 6.62. The van der Waals surface area contributed by atoms with E-state index in [0.29, 0.717) is 6.04 Å². The summed E-state index contributed by atoms with van der Waals surface area (Å²) in [6.45, 7) is 3.02. The topological polar surface area (TPSA) is 29.9 Å². The number of likely N-dealkylation sites (N-methyl/N-ethyl adjacent to an activating group) is 1. The smallest absolute Gasteiger partial charge is 0.123 e. The summed E-state index contributed by atoms with van der Waals surface area (Å²) >= 11 is 0. The number of halogens is 1. The summed E-state index contributed by atoms with van der Waals surface area (Å²) in [5.74, 6) is -0.184. The van der Waals surface area contributed by atoms with Crippen molar-refractivity contribution in [3.05, 3.63) is 53.6 Å². The van der Waals surface area contributed by atoms with Gasteiger partial charge >= 0.3 is 0 Å². The molecule has 102 valence electrons. The molecule has 1 atom stereocenters. The van der Waals surface area contributed by atoms with E-state index in [1.165, 1.54) is 17.7 Å². The Morgan fingerprint density at radius 2 is 1.89 bits per heavy atom. The summed E-state index contributed by atoms with van der Waals surface area (Å²) in [7, 11) is 1.92. The minimum atomic E-state index is -0.184. The number of benzene rings is 1. The van der Waals surface area contributed by atoms with E-state index in [9.17, 15) is 4.39 Å². The van der Waals surface area contributed by atoms with Crippen molar-refractivity contribution in [3.63, 3.8) is 0 Å². The van der Waals surface area contributed by atoms with Crippen LogP contribution in [0.25, 0.3) is 0 Å². The summed E-state index contributed by atoms with van der Waals surface area (Å²) in [6, 6.07) is 7.08. The van der Waals surface area contributed by atoms with Gasteiger partial charge in [-0.3, -0.25) is 4.68 Å². The minimum Gasteiger partial charge on any atom is -0.314 e. The van der Waals surface area contributed by atoms with Crippen LogP contribution in [0.15, 0.2) is 36.7 Å². The van der Waals surface area contributed by atoms with Gasteiger partial charge < -0.3 is 5.32 Å². The Morgan fingerprint density at radius 3 is 2.47 bits per heavy atom. The number of aromatic nitrogens is 2. The Balaban J connectivity index is 2.01. The molecular weight excluding hydrogens is 241 g/mol. The van der Waals surface area contributed by atoms with E-state index < -0.39 is 0 Å². The summed E-state index contributed by atoms with van der Waals surface area (Å²) in [5.41, 5.74) is 2.37. The van der Waals surface area contributed by atoms with Gasteiger partial charge in [0.25, 0.3) is 0 Å². The zero-order valence-electron chi connectivity index (χ0n) is 11.4. The highest BCUT2D eigenvalue weighted by atomic mass is 19.1. The van der Waals surface area contributed by atoms with E-state index in [1.54, 1.807) is 0 Å². The van der Waals surface area contributed by atoms with Gasteiger partial charge in [0.15, 0.2) is 0 Å². The lowest BCUT2D eigenvalue weighted by molar-refractivity contribution is 0.520. The summed E-state index contributed by atoms with van der Waals surface area (Å²) in [5, 5.41) is 7.66. The van der Waals surface area contributed by atoms with Crippen molar-refractivity contribution in [1.29, 1.82) is 0 Å². The molecule has 1 aromatic heterocycles. The third-order valence-corrected chi connectivity index (χ3v) is 3.13. The van der Waals surface area contributed by atoms with Crippen molar-refractivity contribution in [3.8, 4) is 0 Å². The first kappa shape index (κ1) is 13.7. The molecule has 0 saturated heterocycles. The SMILES string of the molecule is CCNC(Cc1ccc(F)cc1)Cc1cnn(C)c1. The van der Waals surface area contributed by atoms with E-state index in [1.807, 2.05) is 36.3 Å². The molecule has 2 rings (SSSR count). The number of hydrogen-bond donors (Lipinski definition) is 1. The Labute approximate surface area is 113 Å². The first-order valence-electron chi connectivity index (χ1n) is 6.62. The summed E-state index contributed by atoms with van der Waals surface area (Å²) in [6.07, 6.45) is 5.76. The number of nitrogens with zero attached hydrogens (tertiary/aromatic N) is 2. The third kappa shape index (κ3) is 4.17. The van der Waals surface area contributed by atoms with E-state index >= 15 is 0 Å². The van der Waals surface area contributed by atoms with Crippen LogP contribution in [0.4, 0.5) is 4.39 Å². The van der Waals surface area contributed by atoms with Gasteiger partial charge in [-0.25, -0.2) is 4.39 Å². The Morgan fingerprint density at radius 1 is 1.21 bits per heavy atom. The average molecular weight is 261 g/mol. The van der Waals surface area contributed by atoms with E-state index in [4.69, 9.17) is 0 Å². The third-order valence-electron chi connectivity index (χ3n) is 3.13. The molecule has 3 nitrogen and oxygen atoms in total. The molecule has 4 heteroatoms. The van der Waals surface area contributed by atoms with Crippen molar-refractivity contribution in [1.82, 2.24) is 15.1 Å². The van der Waals surface area contributed by atoms with Gasteiger partial charge in [-0.15, -0.1) is 0 Å². The molecule has 0 saturated carbocycles. The highest BCUT2D eigenvalue weighted by Gasteiger charge is 2.10. The van der Waals surface area contributed by atoms with Crippen LogP contribution in [-0.2, 0) is 19.9 Å². The van der Waals surface area contributed by atoms with Crippen LogP contribution in [0.5, 0.6) is 0 Å². The normalized spacial score (nSPS) is 12.6. The summed E-state index contributed by atoms with van der Waals surface area (Å²) < 4.78 is 14.7. The largest absolute Gasteiger partial charge is 0.314 e. The molecule has 0 spiro atoms. The van der Waals surface area contributed by atoms with Gasteiger partial charge in [-0.1, -0.05) is 19.1 Å². The van der Waals surface area contributed by atoms with Gasteiger partial charge in [0.1, 0.15) is 5.82 Å². The van der Waals surface area contributed by atoms with Crippen LogP contribution in [0.2, 0.25) is 0 Å². The fourth-order valence-corrected chi connectivity index (χ4v) is 2.27. The zero-order valence-corrected chi connectivity index (χ0v) is 11.4. The summed E-state index contributed by atoms with van der Waals surface area (Å²) in [4.78, 5) is 0. The van der Waals surface area contributed by atoms with Gasteiger partial charge in [0, 0.05) is 19.3 Å². The predicted octanol–water partition coefficient (Wildman–Crippen LogP) is 2.32. The van der Waals surface area contributed by atoms with Gasteiger partial charge in [0.2, 0.25) is 0 Å². The van der Waals surface area contributed by atoms with Crippen LogP contribution in [0, 0.1) is 5.82 Å². The van der Waals surface area contributed by atoms with Crippen LogP contribution in [-0.4, -0.2) is 22.4 Å². The molecule has 0 aliphatic heterocycles. The van der Waals surface area contributed by atoms with Gasteiger partial charge in [-0.2, -0.15) is 5.10 Å². The van der Waals surface area contributed by atoms with Crippen LogP contribution >= 0.6 is 0 Å². The van der Waals surface area contributed by atoms with Crippen LogP contribution in [0.3, 0.4) is 0 Å². The average Bonchev–Trinajstić information content (AvgIpc) is 2.78. The van der Waals surface area contributed by atoms with E-state index in [-0.39, 0.29) is 5.82 Å². The van der Waals surface area contributed by atoms with E-state index in [2.05, 4.69) is 17.3 Å². The first-order chi connectivity index (χ1) is 9.17. The molecule has 1 aromatic carbocycles. The van der Waals surface area contributed by atoms with E-state index in [0.717, 1.165) is 24.9 Å². The van der Waals surface area contributed by atoms with Crippen molar-refractivity contribution in [2.75, 3.05) is 6.54 Å². The lowest BCUT2D eigenvalue weighted by atomic mass is 10.0. The number of hydrogen-bond acceptors (Lipinski definition) is 2. The maximum Gasteiger partial charge on any atom is 0.123 e. The fourth-order valence-electron chi connectivity index (χ4n) is 2.27. The molecular formula is C15H20FN3. The quantitative estimate of drug-likeness (QED) is 0.865. The van der Waals surface area contributed by atoms with Crippen LogP contribution < -0.4 is 5.32 Å². The molecule has 1 N–H and O–H groups in total. The van der Waals surface area contributed by atoms with Gasteiger partial charge in [0.05, 0.1) is 6.20 Å². The highest BCUT2D eigenvalue weighted by molar-refractivity contribution is 5.18. The zero-order chi connectivity index (χ0) is 13.7. The molecule has 0 aliphatic rings. The van der Waals surface area contributed by atoms with Crippen molar-refractivity contribution >= 4 is 0 Å². The Hall–Kier alpha value is -1.68. The number of rotatable bonds is 6. The molecule has 19 heavy (non-hydrogen) atoms. The second-order valence-corrected chi connectivity index (χ2v) is 4.81. The highest BCUT2D eigenvalue weighted by Crippen LogP contribution is 2.10. The number of nitrogens with one attached hydrogen (secondary N) is 1. The number of aryl methyl sites for hydroxylation is 1. The van der Waals surface area contributed by atoms with Crippen molar-refractivity contribution < 1.29 is 4.39 Å². The van der Waals surface area contributed by atoms with Gasteiger partial charge in [-0.05, 0) is 42.6 Å². The fraction of sp³-hybridized carbons (Fsp3) is 0.400. The molecule has 0 radical (unpaired) electrons. The standard InChI is InChI=1S/C15H20FN3/c1-3-17-15(9-13-10-18-19(2)11-13)8-12-4-6-14(16)7-5-12/h4-7,10-11,15,17H,3,8-9H2,1-2H3. The molecule has 0 bridgehead atoms. The lowest BCUT2D eigenvalue weighted by Crippen LogP contribution is -2.32. The molecule has 1 heterocycles. The second-order valence-electron chi connectivity index (χ2n) is 4.81. The Bertz CT molecular complexity index is 504. The molecule has 2 aromatic rings. The van der Waals surface area contributed by atoms with Crippen molar-refractivity contribution in [2.24, 2.45) is 7.05 Å². The maximum atomic E-state index is 12.9. The molecule has 1 unspecified atom stereocenters. The molecule has 0 aliphatic carbocycles. The monoisotopic (exact) mass is 261 g/mol. The minimum absolute atomic E-state index is 0.184. The maximum absolute atomic E-state index is 12.9. The van der Waals surface area contributed by atoms with Crippen molar-refractivity contribution in [2.45, 2.75) is 25.8 Å². The predicted molar refractivity (Wildman–Crippen MR) is 74.5 cm³/mol. The Kier molecular flexibility index (Phi) is 4.68. The van der Waals surface area contributed by atoms with Crippen LogP contribution in [0.1, 0.15) is 18.1 Å².